The molecule has 1 aromatic rings. The van der Waals surface area contributed by atoms with Crippen molar-refractivity contribution >= 4 is 11.6 Å². The van der Waals surface area contributed by atoms with E-state index in [1.807, 2.05) is 32.0 Å². The molecule has 0 saturated heterocycles. The summed E-state index contributed by atoms with van der Waals surface area (Å²) in [5.74, 6) is -0.0305. The number of hydrogen-bond donors (Lipinski definition) is 2. The fourth-order valence-electron chi connectivity index (χ4n) is 1.79. The van der Waals surface area contributed by atoms with E-state index in [0.29, 0.717) is 18.7 Å². The van der Waals surface area contributed by atoms with Gasteiger partial charge in [0.25, 0.3) is 5.91 Å². The molecule has 1 aromatic carbocycles. The minimum atomic E-state index is -0.0305. The van der Waals surface area contributed by atoms with Gasteiger partial charge in [-0.2, -0.15) is 0 Å². The van der Waals surface area contributed by atoms with Gasteiger partial charge in [0.15, 0.2) is 0 Å². The van der Waals surface area contributed by atoms with Crippen LogP contribution >= 0.6 is 0 Å². The van der Waals surface area contributed by atoms with Crippen LogP contribution in [0.1, 0.15) is 29.8 Å². The van der Waals surface area contributed by atoms with Crippen molar-refractivity contribution in [2.75, 3.05) is 25.6 Å². The highest BCUT2D eigenvalue weighted by Crippen LogP contribution is 2.17. The Morgan fingerprint density at radius 1 is 1.44 bits per heavy atom. The molecule has 1 amide bonds. The lowest BCUT2D eigenvalue weighted by atomic mass is 10.1. The first kappa shape index (κ1) is 14.5. The zero-order valence-corrected chi connectivity index (χ0v) is 11.5. The van der Waals surface area contributed by atoms with E-state index in [-0.39, 0.29) is 11.9 Å². The summed E-state index contributed by atoms with van der Waals surface area (Å²) in [6.07, 6.45) is 0. The van der Waals surface area contributed by atoms with Crippen molar-refractivity contribution in [3.05, 3.63) is 29.3 Å². The molecule has 0 radical (unpaired) electrons. The van der Waals surface area contributed by atoms with E-state index in [9.17, 15) is 4.79 Å². The number of carbonyl (C=O) groups is 1. The molecule has 0 aliphatic heterocycles. The van der Waals surface area contributed by atoms with Crippen molar-refractivity contribution in [1.29, 1.82) is 0 Å². The zero-order valence-electron chi connectivity index (χ0n) is 11.5. The zero-order chi connectivity index (χ0) is 13.5. The lowest BCUT2D eigenvalue weighted by Crippen LogP contribution is -2.23. The molecular formula is C14H22N2O2. The molecule has 100 valence electrons. The first-order valence-corrected chi connectivity index (χ1v) is 6.22. The lowest BCUT2D eigenvalue weighted by molar-refractivity contribution is 0.0956. The topological polar surface area (TPSA) is 50.4 Å². The van der Waals surface area contributed by atoms with Crippen LogP contribution < -0.4 is 10.6 Å². The highest BCUT2D eigenvalue weighted by atomic mass is 16.5. The summed E-state index contributed by atoms with van der Waals surface area (Å²) in [4.78, 5) is 11.7. The summed E-state index contributed by atoms with van der Waals surface area (Å²) in [5.41, 5.74) is 2.79. The molecule has 0 bridgehead atoms. The average molecular weight is 250 g/mol. The van der Waals surface area contributed by atoms with E-state index in [4.69, 9.17) is 4.74 Å². The number of aryl methyl sites for hydroxylation is 1. The molecule has 1 rings (SSSR count). The van der Waals surface area contributed by atoms with E-state index in [2.05, 4.69) is 17.6 Å². The Bertz CT molecular complexity index is 405. The van der Waals surface area contributed by atoms with E-state index in [1.54, 1.807) is 7.11 Å². The standard InChI is InChI=1S/C14H22N2O2/c1-5-15-14(17)12-6-7-13(10(2)8-12)16-11(3)9-18-4/h6-8,11,16H,5,9H2,1-4H3,(H,15,17). The molecule has 2 N–H and O–H groups in total. The molecule has 0 aliphatic rings. The molecule has 0 saturated carbocycles. The highest BCUT2D eigenvalue weighted by Gasteiger charge is 2.08. The number of methoxy groups -OCH3 is 1. The number of amides is 1. The normalized spacial score (nSPS) is 12.0. The van der Waals surface area contributed by atoms with Crippen molar-refractivity contribution in [1.82, 2.24) is 5.32 Å². The lowest BCUT2D eigenvalue weighted by Gasteiger charge is -2.16. The second kappa shape index (κ2) is 7.01. The molecule has 0 spiro atoms. The number of hydrogen-bond acceptors (Lipinski definition) is 3. The molecule has 4 nitrogen and oxygen atoms in total. The molecule has 1 atom stereocenters. The first-order chi connectivity index (χ1) is 8.58. The van der Waals surface area contributed by atoms with Gasteiger partial charge in [-0.05, 0) is 44.5 Å². The predicted octanol–water partition coefficient (Wildman–Crippen LogP) is 2.19. The van der Waals surface area contributed by atoms with E-state index in [0.717, 1.165) is 11.3 Å². The van der Waals surface area contributed by atoms with Crippen molar-refractivity contribution < 1.29 is 9.53 Å². The van der Waals surface area contributed by atoms with Gasteiger partial charge in [0.05, 0.1) is 6.61 Å². The Morgan fingerprint density at radius 3 is 2.72 bits per heavy atom. The van der Waals surface area contributed by atoms with Crippen molar-refractivity contribution in [2.24, 2.45) is 0 Å². The maximum atomic E-state index is 11.7. The van der Waals surface area contributed by atoms with Crippen LogP contribution in [0.5, 0.6) is 0 Å². The molecule has 1 unspecified atom stereocenters. The third-order valence-corrected chi connectivity index (χ3v) is 2.64. The summed E-state index contributed by atoms with van der Waals surface area (Å²) in [7, 11) is 1.68. The Morgan fingerprint density at radius 2 is 2.17 bits per heavy atom. The summed E-state index contributed by atoms with van der Waals surface area (Å²) in [5, 5.41) is 6.14. The Labute approximate surface area is 109 Å². The summed E-state index contributed by atoms with van der Waals surface area (Å²) < 4.78 is 5.08. The van der Waals surface area contributed by atoms with Crippen LogP contribution in [0.3, 0.4) is 0 Å². The largest absolute Gasteiger partial charge is 0.383 e. The van der Waals surface area contributed by atoms with Crippen LogP contribution in [0.4, 0.5) is 5.69 Å². The number of ether oxygens (including phenoxy) is 1. The van der Waals surface area contributed by atoms with Crippen molar-refractivity contribution in [3.8, 4) is 0 Å². The van der Waals surface area contributed by atoms with Crippen LogP contribution in [0.25, 0.3) is 0 Å². The quantitative estimate of drug-likeness (QED) is 0.813. The number of rotatable bonds is 6. The van der Waals surface area contributed by atoms with Crippen LogP contribution in [0.2, 0.25) is 0 Å². The van der Waals surface area contributed by atoms with Gasteiger partial charge in [-0.1, -0.05) is 0 Å². The van der Waals surface area contributed by atoms with Gasteiger partial charge in [0, 0.05) is 30.9 Å². The summed E-state index contributed by atoms with van der Waals surface area (Å²) in [6.45, 7) is 7.25. The summed E-state index contributed by atoms with van der Waals surface area (Å²) >= 11 is 0. The van der Waals surface area contributed by atoms with Gasteiger partial charge < -0.3 is 15.4 Å². The van der Waals surface area contributed by atoms with Gasteiger partial charge in [-0.25, -0.2) is 0 Å². The molecular weight excluding hydrogens is 228 g/mol. The molecule has 0 aliphatic carbocycles. The molecule has 4 heteroatoms. The van der Waals surface area contributed by atoms with Crippen LogP contribution in [0, 0.1) is 6.92 Å². The minimum Gasteiger partial charge on any atom is -0.383 e. The SMILES string of the molecule is CCNC(=O)c1ccc(NC(C)COC)c(C)c1. The third-order valence-electron chi connectivity index (χ3n) is 2.64. The smallest absolute Gasteiger partial charge is 0.251 e. The van der Waals surface area contributed by atoms with E-state index in [1.165, 1.54) is 0 Å². The summed E-state index contributed by atoms with van der Waals surface area (Å²) in [6, 6.07) is 5.91. The maximum absolute atomic E-state index is 11.7. The number of nitrogens with one attached hydrogen (secondary N) is 2. The van der Waals surface area contributed by atoms with Crippen LogP contribution in [-0.2, 0) is 4.74 Å². The second-order valence-corrected chi connectivity index (χ2v) is 4.39. The molecule has 0 aromatic heterocycles. The van der Waals surface area contributed by atoms with Gasteiger partial charge in [0.2, 0.25) is 0 Å². The molecule has 18 heavy (non-hydrogen) atoms. The Hall–Kier alpha value is -1.55. The van der Waals surface area contributed by atoms with E-state index >= 15 is 0 Å². The third kappa shape index (κ3) is 4.04. The first-order valence-electron chi connectivity index (χ1n) is 6.22. The van der Waals surface area contributed by atoms with Gasteiger partial charge >= 0.3 is 0 Å². The van der Waals surface area contributed by atoms with Crippen LogP contribution in [0.15, 0.2) is 18.2 Å². The predicted molar refractivity (Wildman–Crippen MR) is 74.1 cm³/mol. The van der Waals surface area contributed by atoms with Gasteiger partial charge in [-0.3, -0.25) is 4.79 Å². The Balaban J connectivity index is 2.76. The minimum absolute atomic E-state index is 0.0305. The fraction of sp³-hybridized carbons (Fsp3) is 0.500. The monoisotopic (exact) mass is 250 g/mol. The molecule has 0 heterocycles. The van der Waals surface area contributed by atoms with Gasteiger partial charge in [-0.15, -0.1) is 0 Å². The van der Waals surface area contributed by atoms with Crippen molar-refractivity contribution in [3.63, 3.8) is 0 Å². The number of benzene rings is 1. The van der Waals surface area contributed by atoms with Crippen molar-refractivity contribution in [2.45, 2.75) is 26.8 Å². The second-order valence-electron chi connectivity index (χ2n) is 4.39. The van der Waals surface area contributed by atoms with Gasteiger partial charge in [0.1, 0.15) is 0 Å². The highest BCUT2D eigenvalue weighted by molar-refractivity contribution is 5.94. The number of carbonyl (C=O) groups excluding carboxylic acids is 1. The Kier molecular flexibility index (Phi) is 5.65. The van der Waals surface area contributed by atoms with Crippen LogP contribution in [-0.4, -0.2) is 32.2 Å². The number of anilines is 1. The van der Waals surface area contributed by atoms with E-state index < -0.39 is 0 Å². The fourth-order valence-corrected chi connectivity index (χ4v) is 1.79. The average Bonchev–Trinajstić information content (AvgIpc) is 2.32. The maximum Gasteiger partial charge on any atom is 0.251 e. The molecule has 0 fully saturated rings.